The van der Waals surface area contributed by atoms with E-state index in [-0.39, 0.29) is 5.91 Å². The number of ether oxygens (including phenoxy) is 1. The summed E-state index contributed by atoms with van der Waals surface area (Å²) in [6.07, 6.45) is 4.44. The van der Waals surface area contributed by atoms with Gasteiger partial charge in [-0.2, -0.15) is 0 Å². The van der Waals surface area contributed by atoms with Crippen LogP contribution < -0.4 is 10.1 Å². The number of nitrogens with one attached hydrogen (secondary N) is 1. The number of hydrogen-bond donors (Lipinski definition) is 1. The first-order valence-corrected chi connectivity index (χ1v) is 6.20. The molecule has 0 spiro atoms. The summed E-state index contributed by atoms with van der Waals surface area (Å²) in [7, 11) is 0. The van der Waals surface area contributed by atoms with Gasteiger partial charge in [0.1, 0.15) is 0 Å². The van der Waals surface area contributed by atoms with Crippen molar-refractivity contribution in [2.24, 2.45) is 0 Å². The molecule has 0 saturated carbocycles. The minimum Gasteiger partial charge on any atom is -0.478 e. The Hall–Kier alpha value is -1.84. The molecule has 1 rings (SSSR count). The monoisotopic (exact) mass is 248 g/mol. The lowest BCUT2D eigenvalue weighted by atomic mass is 10.2. The van der Waals surface area contributed by atoms with Crippen LogP contribution in [0.5, 0.6) is 5.88 Å². The normalized spacial score (nSPS) is 11.2. The molecule has 0 unspecified atom stereocenters. The Labute approximate surface area is 108 Å². The predicted octanol–water partition coefficient (Wildman–Crippen LogP) is 2.45. The van der Waals surface area contributed by atoms with Crippen LogP contribution in [0.1, 0.15) is 32.8 Å². The number of amides is 1. The minimum absolute atomic E-state index is 0.0526. The van der Waals surface area contributed by atoms with Gasteiger partial charge in [-0.25, -0.2) is 4.98 Å². The maximum Gasteiger partial charge on any atom is 0.246 e. The summed E-state index contributed by atoms with van der Waals surface area (Å²) in [4.78, 5) is 15.9. The standard InChI is InChI=1S/C14H20N2O2/c1-4-7-11(3)13(17)16-10-12-8-6-9-15-14(12)18-5-2/h6-9H,4-5,10H2,1-3H3,(H,16,17)/b11-7+. The first-order chi connectivity index (χ1) is 8.69. The predicted molar refractivity (Wildman–Crippen MR) is 71.3 cm³/mol. The van der Waals surface area contributed by atoms with Gasteiger partial charge in [0, 0.05) is 23.9 Å². The van der Waals surface area contributed by atoms with Gasteiger partial charge in [-0.05, 0) is 26.3 Å². The second kappa shape index (κ2) is 7.48. The van der Waals surface area contributed by atoms with E-state index in [1.165, 1.54) is 0 Å². The third-order valence-electron chi connectivity index (χ3n) is 2.44. The zero-order valence-electron chi connectivity index (χ0n) is 11.2. The van der Waals surface area contributed by atoms with E-state index < -0.39 is 0 Å². The van der Waals surface area contributed by atoms with Crippen molar-refractivity contribution in [3.8, 4) is 5.88 Å². The maximum absolute atomic E-state index is 11.7. The Morgan fingerprint density at radius 1 is 1.50 bits per heavy atom. The molecule has 98 valence electrons. The molecule has 1 aromatic rings. The van der Waals surface area contributed by atoms with E-state index in [0.29, 0.717) is 19.0 Å². The lowest BCUT2D eigenvalue weighted by Gasteiger charge is -2.09. The number of carbonyl (C=O) groups is 1. The summed E-state index contributed by atoms with van der Waals surface area (Å²) >= 11 is 0. The highest BCUT2D eigenvalue weighted by molar-refractivity contribution is 5.92. The van der Waals surface area contributed by atoms with Gasteiger partial charge < -0.3 is 10.1 Å². The van der Waals surface area contributed by atoms with Crippen LogP contribution in [0.25, 0.3) is 0 Å². The fourth-order valence-electron chi connectivity index (χ4n) is 1.54. The van der Waals surface area contributed by atoms with E-state index in [1.807, 2.05) is 39.0 Å². The van der Waals surface area contributed by atoms with Crippen molar-refractivity contribution in [3.05, 3.63) is 35.5 Å². The molecule has 1 heterocycles. The van der Waals surface area contributed by atoms with Crippen LogP contribution in [0, 0.1) is 0 Å². The van der Waals surface area contributed by atoms with Gasteiger partial charge in [0.25, 0.3) is 0 Å². The lowest BCUT2D eigenvalue weighted by Crippen LogP contribution is -2.24. The third-order valence-corrected chi connectivity index (χ3v) is 2.44. The molecule has 0 fully saturated rings. The van der Waals surface area contributed by atoms with Gasteiger partial charge in [-0.15, -0.1) is 0 Å². The van der Waals surface area contributed by atoms with Crippen LogP contribution in [0.2, 0.25) is 0 Å². The smallest absolute Gasteiger partial charge is 0.246 e. The fourth-order valence-corrected chi connectivity index (χ4v) is 1.54. The van der Waals surface area contributed by atoms with E-state index in [4.69, 9.17) is 4.74 Å². The van der Waals surface area contributed by atoms with E-state index >= 15 is 0 Å². The second-order valence-corrected chi connectivity index (χ2v) is 3.88. The Bertz CT molecular complexity index is 428. The summed E-state index contributed by atoms with van der Waals surface area (Å²) in [5.41, 5.74) is 1.62. The van der Waals surface area contributed by atoms with Crippen molar-refractivity contribution in [3.63, 3.8) is 0 Å². The van der Waals surface area contributed by atoms with Crippen molar-refractivity contribution in [1.29, 1.82) is 0 Å². The van der Waals surface area contributed by atoms with Crippen molar-refractivity contribution < 1.29 is 9.53 Å². The number of allylic oxidation sites excluding steroid dienone is 1. The Morgan fingerprint density at radius 3 is 2.94 bits per heavy atom. The van der Waals surface area contributed by atoms with Gasteiger partial charge in [0.05, 0.1) is 6.61 Å². The zero-order chi connectivity index (χ0) is 13.4. The number of aromatic nitrogens is 1. The molecule has 0 radical (unpaired) electrons. The van der Waals surface area contributed by atoms with Crippen molar-refractivity contribution in [2.45, 2.75) is 33.7 Å². The lowest BCUT2D eigenvalue weighted by molar-refractivity contribution is -0.117. The summed E-state index contributed by atoms with van der Waals surface area (Å²) in [5, 5.41) is 2.86. The molecule has 1 aromatic heterocycles. The van der Waals surface area contributed by atoms with Gasteiger partial charge >= 0.3 is 0 Å². The van der Waals surface area contributed by atoms with Crippen LogP contribution >= 0.6 is 0 Å². The molecule has 4 nitrogen and oxygen atoms in total. The van der Waals surface area contributed by atoms with Crippen LogP contribution in [-0.4, -0.2) is 17.5 Å². The molecule has 4 heteroatoms. The molecule has 0 aromatic carbocycles. The van der Waals surface area contributed by atoms with Crippen LogP contribution in [0.3, 0.4) is 0 Å². The fraction of sp³-hybridized carbons (Fsp3) is 0.429. The summed E-state index contributed by atoms with van der Waals surface area (Å²) in [6.45, 7) is 6.71. The van der Waals surface area contributed by atoms with Crippen molar-refractivity contribution >= 4 is 5.91 Å². The minimum atomic E-state index is -0.0526. The SMILES string of the molecule is CC/C=C(\C)C(=O)NCc1cccnc1OCC. The molecular formula is C14H20N2O2. The first kappa shape index (κ1) is 14.2. The van der Waals surface area contributed by atoms with E-state index in [9.17, 15) is 4.79 Å². The Morgan fingerprint density at radius 2 is 2.28 bits per heavy atom. The molecule has 0 aliphatic carbocycles. The molecule has 0 bridgehead atoms. The van der Waals surface area contributed by atoms with Gasteiger partial charge in [0.15, 0.2) is 0 Å². The second-order valence-electron chi connectivity index (χ2n) is 3.88. The highest BCUT2D eigenvalue weighted by atomic mass is 16.5. The van der Waals surface area contributed by atoms with E-state index in [2.05, 4.69) is 10.3 Å². The maximum atomic E-state index is 11.7. The molecule has 1 amide bonds. The number of carbonyl (C=O) groups excluding carboxylic acids is 1. The Balaban J connectivity index is 2.63. The van der Waals surface area contributed by atoms with Gasteiger partial charge in [0.2, 0.25) is 11.8 Å². The molecule has 1 N–H and O–H groups in total. The van der Waals surface area contributed by atoms with Crippen LogP contribution in [-0.2, 0) is 11.3 Å². The third kappa shape index (κ3) is 4.20. The average Bonchev–Trinajstić information content (AvgIpc) is 2.38. The Kier molecular flexibility index (Phi) is 5.91. The van der Waals surface area contributed by atoms with Gasteiger partial charge in [-0.1, -0.05) is 19.1 Å². The van der Waals surface area contributed by atoms with Gasteiger partial charge in [-0.3, -0.25) is 4.79 Å². The highest BCUT2D eigenvalue weighted by Gasteiger charge is 2.07. The van der Waals surface area contributed by atoms with Crippen molar-refractivity contribution in [2.75, 3.05) is 6.61 Å². The topological polar surface area (TPSA) is 51.2 Å². The van der Waals surface area contributed by atoms with Crippen molar-refractivity contribution in [1.82, 2.24) is 10.3 Å². The molecule has 0 saturated heterocycles. The summed E-state index contributed by atoms with van der Waals surface area (Å²) < 4.78 is 5.40. The highest BCUT2D eigenvalue weighted by Crippen LogP contribution is 2.13. The van der Waals surface area contributed by atoms with Crippen LogP contribution in [0.4, 0.5) is 0 Å². The summed E-state index contributed by atoms with van der Waals surface area (Å²) in [6, 6.07) is 3.73. The van der Waals surface area contributed by atoms with E-state index in [0.717, 1.165) is 17.6 Å². The molecular weight excluding hydrogens is 228 g/mol. The number of pyridine rings is 1. The number of hydrogen-bond acceptors (Lipinski definition) is 3. The molecule has 0 aliphatic rings. The molecule has 0 aliphatic heterocycles. The quantitative estimate of drug-likeness (QED) is 0.787. The average molecular weight is 248 g/mol. The molecule has 0 atom stereocenters. The first-order valence-electron chi connectivity index (χ1n) is 6.20. The number of rotatable bonds is 6. The van der Waals surface area contributed by atoms with Crippen LogP contribution in [0.15, 0.2) is 30.0 Å². The summed E-state index contributed by atoms with van der Waals surface area (Å²) in [5.74, 6) is 0.528. The van der Waals surface area contributed by atoms with E-state index in [1.54, 1.807) is 6.20 Å². The number of nitrogens with zero attached hydrogens (tertiary/aromatic N) is 1. The molecule has 18 heavy (non-hydrogen) atoms. The zero-order valence-corrected chi connectivity index (χ0v) is 11.2. The largest absolute Gasteiger partial charge is 0.478 e.